The molecule has 5 nitrogen and oxygen atoms in total. The number of ether oxygens (including phenoxy) is 1. The number of hydrogen-bond acceptors (Lipinski definition) is 5. The van der Waals surface area contributed by atoms with Gasteiger partial charge in [-0.25, -0.2) is 0 Å². The summed E-state index contributed by atoms with van der Waals surface area (Å²) in [5, 5.41) is 7.62. The monoisotopic (exact) mass is 287 g/mol. The molecule has 3 rings (SSSR count). The van der Waals surface area contributed by atoms with Gasteiger partial charge in [0.05, 0.1) is 5.54 Å². The Balaban J connectivity index is 1.86. The molecule has 1 aromatic heterocycles. The van der Waals surface area contributed by atoms with Crippen LogP contribution in [0.15, 0.2) is 34.9 Å². The Hall–Kier alpha value is -1.72. The maximum absolute atomic E-state index is 5.55. The van der Waals surface area contributed by atoms with Gasteiger partial charge in [0, 0.05) is 7.11 Å². The van der Waals surface area contributed by atoms with E-state index in [4.69, 9.17) is 9.26 Å². The predicted octanol–water partition coefficient (Wildman–Crippen LogP) is 2.79. The topological polar surface area (TPSA) is 60.2 Å². The van der Waals surface area contributed by atoms with E-state index in [-0.39, 0.29) is 11.6 Å². The van der Waals surface area contributed by atoms with E-state index in [1.807, 2.05) is 30.3 Å². The summed E-state index contributed by atoms with van der Waals surface area (Å²) < 4.78 is 11.1. The summed E-state index contributed by atoms with van der Waals surface area (Å²) in [6.07, 6.45) is 3.09. The van der Waals surface area contributed by atoms with E-state index < -0.39 is 0 Å². The number of methoxy groups -OCH3 is 1. The van der Waals surface area contributed by atoms with Crippen LogP contribution in [-0.4, -0.2) is 23.8 Å². The van der Waals surface area contributed by atoms with Gasteiger partial charge >= 0.3 is 0 Å². The lowest BCUT2D eigenvalue weighted by Crippen LogP contribution is -2.43. The second-order valence-corrected chi connectivity index (χ2v) is 5.70. The van der Waals surface area contributed by atoms with Crippen LogP contribution >= 0.6 is 0 Å². The highest BCUT2D eigenvalue weighted by Gasteiger charge is 2.35. The van der Waals surface area contributed by atoms with E-state index in [1.165, 1.54) is 12.8 Å². The Morgan fingerprint density at radius 1 is 1.29 bits per heavy atom. The van der Waals surface area contributed by atoms with Crippen LogP contribution in [0.3, 0.4) is 0 Å². The highest BCUT2D eigenvalue weighted by molar-refractivity contribution is 5.23. The van der Waals surface area contributed by atoms with Gasteiger partial charge in [-0.3, -0.25) is 0 Å². The summed E-state index contributed by atoms with van der Waals surface area (Å²) in [7, 11) is 1.66. The zero-order valence-corrected chi connectivity index (χ0v) is 12.5. The molecule has 1 N–H and O–H groups in total. The summed E-state index contributed by atoms with van der Waals surface area (Å²) in [6, 6.07) is 9.94. The molecule has 112 valence electrons. The van der Waals surface area contributed by atoms with Crippen molar-refractivity contribution in [2.24, 2.45) is 0 Å². The van der Waals surface area contributed by atoms with Gasteiger partial charge < -0.3 is 14.6 Å². The Bertz CT molecular complexity index is 576. The Kier molecular flexibility index (Phi) is 4.03. The van der Waals surface area contributed by atoms with Gasteiger partial charge in [-0.2, -0.15) is 4.98 Å². The number of benzene rings is 1. The molecule has 0 spiro atoms. The molecule has 2 heterocycles. The average molecular weight is 287 g/mol. The molecule has 1 aliphatic heterocycles. The summed E-state index contributed by atoms with van der Waals surface area (Å²) in [6.45, 7) is 3.11. The van der Waals surface area contributed by atoms with E-state index in [0.717, 1.165) is 18.5 Å². The highest BCUT2D eigenvalue weighted by Crippen LogP contribution is 2.30. The Morgan fingerprint density at radius 3 is 2.76 bits per heavy atom. The smallest absolute Gasteiger partial charge is 0.246 e. The SMILES string of the molecule is COC(c1ccccc1)c1noc(C2(C)CCCCN2)n1. The fraction of sp³-hybridized carbons (Fsp3) is 0.500. The first-order valence-electron chi connectivity index (χ1n) is 7.40. The molecular weight excluding hydrogens is 266 g/mol. The summed E-state index contributed by atoms with van der Waals surface area (Å²) in [4.78, 5) is 4.59. The van der Waals surface area contributed by atoms with Crippen LogP contribution in [0.1, 0.15) is 49.6 Å². The van der Waals surface area contributed by atoms with Crippen molar-refractivity contribution in [1.29, 1.82) is 0 Å². The zero-order chi connectivity index (χ0) is 14.7. The molecular formula is C16H21N3O2. The maximum atomic E-state index is 5.55. The standard InChI is InChI=1S/C16H21N3O2/c1-16(10-6-7-11-17-16)15-18-14(19-21-15)13(20-2)12-8-4-3-5-9-12/h3-5,8-9,13,17H,6-7,10-11H2,1-2H3. The van der Waals surface area contributed by atoms with Crippen molar-refractivity contribution in [3.8, 4) is 0 Å². The number of aromatic nitrogens is 2. The minimum absolute atomic E-state index is 0.224. The minimum Gasteiger partial charge on any atom is -0.369 e. The second-order valence-electron chi connectivity index (χ2n) is 5.70. The molecule has 2 aromatic rings. The Morgan fingerprint density at radius 2 is 2.10 bits per heavy atom. The minimum atomic E-state index is -0.295. The van der Waals surface area contributed by atoms with E-state index >= 15 is 0 Å². The molecule has 1 saturated heterocycles. The van der Waals surface area contributed by atoms with Crippen LogP contribution in [0, 0.1) is 0 Å². The largest absolute Gasteiger partial charge is 0.369 e. The van der Waals surface area contributed by atoms with Crippen molar-refractivity contribution in [1.82, 2.24) is 15.5 Å². The summed E-state index contributed by atoms with van der Waals surface area (Å²) >= 11 is 0. The third-order valence-electron chi connectivity index (χ3n) is 4.11. The van der Waals surface area contributed by atoms with E-state index in [2.05, 4.69) is 22.4 Å². The van der Waals surface area contributed by atoms with Crippen molar-refractivity contribution in [3.63, 3.8) is 0 Å². The van der Waals surface area contributed by atoms with Crippen LogP contribution < -0.4 is 5.32 Å². The fourth-order valence-electron chi connectivity index (χ4n) is 2.82. The zero-order valence-electron chi connectivity index (χ0n) is 12.5. The third kappa shape index (κ3) is 2.84. The van der Waals surface area contributed by atoms with Gasteiger partial charge in [-0.05, 0) is 38.3 Å². The summed E-state index contributed by atoms with van der Waals surface area (Å²) in [5.74, 6) is 1.22. The van der Waals surface area contributed by atoms with Gasteiger partial charge in [0.1, 0.15) is 6.10 Å². The average Bonchev–Trinajstić information content (AvgIpc) is 3.00. The molecule has 0 bridgehead atoms. The molecule has 0 radical (unpaired) electrons. The van der Waals surface area contributed by atoms with Crippen LogP contribution in [0.2, 0.25) is 0 Å². The number of nitrogens with one attached hydrogen (secondary N) is 1. The van der Waals surface area contributed by atoms with Gasteiger partial charge in [-0.15, -0.1) is 0 Å². The molecule has 2 atom stereocenters. The lowest BCUT2D eigenvalue weighted by Gasteiger charge is -2.31. The molecule has 5 heteroatoms. The maximum Gasteiger partial charge on any atom is 0.246 e. The van der Waals surface area contributed by atoms with Crippen LogP contribution in [0.25, 0.3) is 0 Å². The lowest BCUT2D eigenvalue weighted by molar-refractivity contribution is 0.126. The number of hydrogen-bond donors (Lipinski definition) is 1. The van der Waals surface area contributed by atoms with Gasteiger partial charge in [0.25, 0.3) is 0 Å². The van der Waals surface area contributed by atoms with Crippen LogP contribution in [-0.2, 0) is 10.3 Å². The van der Waals surface area contributed by atoms with Gasteiger partial charge in [0.2, 0.25) is 11.7 Å². The first-order chi connectivity index (χ1) is 10.2. The highest BCUT2D eigenvalue weighted by atomic mass is 16.5. The van der Waals surface area contributed by atoms with Crippen LogP contribution in [0.5, 0.6) is 0 Å². The number of rotatable bonds is 4. The molecule has 0 aliphatic carbocycles. The molecule has 1 aliphatic rings. The van der Waals surface area contributed by atoms with E-state index in [1.54, 1.807) is 7.11 Å². The first kappa shape index (κ1) is 14.2. The molecule has 0 saturated carbocycles. The fourth-order valence-corrected chi connectivity index (χ4v) is 2.82. The number of nitrogens with zero attached hydrogens (tertiary/aromatic N) is 2. The second kappa shape index (κ2) is 5.95. The quantitative estimate of drug-likeness (QED) is 0.937. The molecule has 21 heavy (non-hydrogen) atoms. The molecule has 0 amide bonds. The van der Waals surface area contributed by atoms with Gasteiger partial charge in [-0.1, -0.05) is 35.5 Å². The van der Waals surface area contributed by atoms with Crippen LogP contribution in [0.4, 0.5) is 0 Å². The summed E-state index contributed by atoms with van der Waals surface area (Å²) in [5.41, 5.74) is 0.799. The Labute approximate surface area is 124 Å². The van der Waals surface area contributed by atoms with E-state index in [9.17, 15) is 0 Å². The van der Waals surface area contributed by atoms with Crippen molar-refractivity contribution in [3.05, 3.63) is 47.6 Å². The number of piperidine rings is 1. The van der Waals surface area contributed by atoms with Gasteiger partial charge in [0.15, 0.2) is 0 Å². The van der Waals surface area contributed by atoms with Crippen molar-refractivity contribution < 1.29 is 9.26 Å². The molecule has 2 unspecified atom stereocenters. The van der Waals surface area contributed by atoms with Crippen molar-refractivity contribution >= 4 is 0 Å². The molecule has 1 aromatic carbocycles. The first-order valence-corrected chi connectivity index (χ1v) is 7.40. The third-order valence-corrected chi connectivity index (χ3v) is 4.11. The van der Waals surface area contributed by atoms with Crippen molar-refractivity contribution in [2.75, 3.05) is 13.7 Å². The van der Waals surface area contributed by atoms with Crippen molar-refractivity contribution in [2.45, 2.75) is 37.8 Å². The van der Waals surface area contributed by atoms with E-state index in [0.29, 0.717) is 11.7 Å². The predicted molar refractivity (Wildman–Crippen MR) is 78.8 cm³/mol. The lowest BCUT2D eigenvalue weighted by atomic mass is 9.91. The molecule has 1 fully saturated rings. The normalized spacial score (nSPS) is 23.9.